The molecule has 2 heterocycles. The van der Waals surface area contributed by atoms with Gasteiger partial charge in [0.05, 0.1) is 20.2 Å². The Balaban J connectivity index is 1.81. The molecule has 2 amide bonds. The first-order chi connectivity index (χ1) is 10.1. The van der Waals surface area contributed by atoms with E-state index in [9.17, 15) is 9.59 Å². The van der Waals surface area contributed by atoms with Crippen molar-refractivity contribution in [1.29, 1.82) is 0 Å². The lowest BCUT2D eigenvalue weighted by atomic mass is 10.3. The predicted molar refractivity (Wildman–Crippen MR) is 72.9 cm³/mol. The maximum absolute atomic E-state index is 11.8. The Labute approximate surface area is 122 Å². The molecule has 1 aromatic heterocycles. The Morgan fingerprint density at radius 3 is 2.71 bits per heavy atom. The number of ether oxygens (including phenoxy) is 2. The van der Waals surface area contributed by atoms with Crippen LogP contribution in [0.15, 0.2) is 12.1 Å². The van der Waals surface area contributed by atoms with Gasteiger partial charge in [0.2, 0.25) is 23.6 Å². The Hall–Kier alpha value is -2.38. The molecule has 0 aromatic carbocycles. The maximum atomic E-state index is 11.8. The number of aromatic nitrogens is 2. The highest BCUT2D eigenvalue weighted by Gasteiger charge is 2.27. The van der Waals surface area contributed by atoms with Crippen molar-refractivity contribution in [3.8, 4) is 11.8 Å². The first-order valence-corrected chi connectivity index (χ1v) is 6.65. The number of carbonyl (C=O) groups is 2. The van der Waals surface area contributed by atoms with Crippen LogP contribution in [0.3, 0.4) is 0 Å². The average Bonchev–Trinajstić information content (AvgIpc) is 2.94. The van der Waals surface area contributed by atoms with Gasteiger partial charge in [-0.1, -0.05) is 0 Å². The summed E-state index contributed by atoms with van der Waals surface area (Å²) in [6.07, 6.45) is 0.605. The van der Waals surface area contributed by atoms with E-state index in [1.807, 2.05) is 0 Å². The SMILES string of the molecule is COc1ccc(O[C@H]2CCN(C(=O)CNC(C)=O)C2)nn1. The highest BCUT2D eigenvalue weighted by Crippen LogP contribution is 2.17. The number of hydrogen-bond acceptors (Lipinski definition) is 6. The van der Waals surface area contributed by atoms with Crippen molar-refractivity contribution in [2.45, 2.75) is 19.4 Å². The highest BCUT2D eigenvalue weighted by atomic mass is 16.5. The molecular weight excluding hydrogens is 276 g/mol. The zero-order valence-corrected chi connectivity index (χ0v) is 12.0. The number of nitrogens with one attached hydrogen (secondary N) is 1. The minimum Gasteiger partial charge on any atom is -0.480 e. The normalized spacial score (nSPS) is 17.4. The topological polar surface area (TPSA) is 93.7 Å². The molecule has 8 heteroatoms. The quantitative estimate of drug-likeness (QED) is 0.794. The second-order valence-electron chi connectivity index (χ2n) is 4.69. The number of amides is 2. The smallest absolute Gasteiger partial charge is 0.242 e. The van der Waals surface area contributed by atoms with Crippen LogP contribution in [0.4, 0.5) is 0 Å². The molecule has 0 aliphatic carbocycles. The fourth-order valence-electron chi connectivity index (χ4n) is 2.01. The minimum absolute atomic E-state index is 0.0182. The largest absolute Gasteiger partial charge is 0.480 e. The molecule has 21 heavy (non-hydrogen) atoms. The average molecular weight is 294 g/mol. The second-order valence-corrected chi connectivity index (χ2v) is 4.69. The van der Waals surface area contributed by atoms with E-state index in [0.29, 0.717) is 24.8 Å². The van der Waals surface area contributed by atoms with Crippen LogP contribution in [0.5, 0.6) is 11.8 Å². The van der Waals surface area contributed by atoms with Gasteiger partial charge in [0.1, 0.15) is 6.10 Å². The van der Waals surface area contributed by atoms with Crippen LogP contribution in [0, 0.1) is 0 Å². The zero-order chi connectivity index (χ0) is 15.2. The number of methoxy groups -OCH3 is 1. The molecule has 0 radical (unpaired) electrons. The lowest BCUT2D eigenvalue weighted by Gasteiger charge is -2.16. The molecule has 8 nitrogen and oxygen atoms in total. The van der Waals surface area contributed by atoms with Crippen molar-refractivity contribution < 1.29 is 19.1 Å². The molecule has 0 bridgehead atoms. The standard InChI is InChI=1S/C13H18N4O4/c1-9(18)14-7-13(19)17-6-5-10(8-17)21-12-4-3-11(20-2)15-16-12/h3-4,10H,5-8H2,1-2H3,(H,14,18)/t10-/m0/s1. The third-order valence-electron chi connectivity index (χ3n) is 3.10. The summed E-state index contributed by atoms with van der Waals surface area (Å²) in [5, 5.41) is 10.2. The van der Waals surface area contributed by atoms with E-state index in [1.54, 1.807) is 17.0 Å². The molecule has 0 unspecified atom stereocenters. The number of hydrogen-bond donors (Lipinski definition) is 1. The Bertz CT molecular complexity index is 505. The van der Waals surface area contributed by atoms with Crippen molar-refractivity contribution in [3.05, 3.63) is 12.1 Å². The molecule has 1 aliphatic heterocycles. The van der Waals surface area contributed by atoms with E-state index in [2.05, 4.69) is 15.5 Å². The zero-order valence-electron chi connectivity index (χ0n) is 12.0. The number of rotatable bonds is 5. The van der Waals surface area contributed by atoms with Gasteiger partial charge < -0.3 is 19.7 Å². The summed E-state index contributed by atoms with van der Waals surface area (Å²) in [4.78, 5) is 24.3. The highest BCUT2D eigenvalue weighted by molar-refractivity contribution is 5.83. The van der Waals surface area contributed by atoms with Crippen molar-refractivity contribution in [2.75, 3.05) is 26.7 Å². The van der Waals surface area contributed by atoms with Gasteiger partial charge in [-0.25, -0.2) is 0 Å². The van der Waals surface area contributed by atoms with Gasteiger partial charge >= 0.3 is 0 Å². The van der Waals surface area contributed by atoms with E-state index in [4.69, 9.17) is 9.47 Å². The van der Waals surface area contributed by atoms with Crippen molar-refractivity contribution >= 4 is 11.8 Å². The van der Waals surface area contributed by atoms with Gasteiger partial charge in [-0.05, 0) is 0 Å². The van der Waals surface area contributed by atoms with Crippen molar-refractivity contribution in [2.24, 2.45) is 0 Å². The van der Waals surface area contributed by atoms with Gasteiger partial charge in [0, 0.05) is 32.0 Å². The molecule has 1 aromatic rings. The van der Waals surface area contributed by atoms with Crippen molar-refractivity contribution in [3.63, 3.8) is 0 Å². The van der Waals surface area contributed by atoms with Crippen LogP contribution in [0.2, 0.25) is 0 Å². The van der Waals surface area contributed by atoms with Gasteiger partial charge in [-0.2, -0.15) is 0 Å². The van der Waals surface area contributed by atoms with Crippen LogP contribution >= 0.6 is 0 Å². The summed E-state index contributed by atoms with van der Waals surface area (Å²) >= 11 is 0. The summed E-state index contributed by atoms with van der Waals surface area (Å²) in [7, 11) is 1.51. The maximum Gasteiger partial charge on any atom is 0.242 e. The van der Waals surface area contributed by atoms with Crippen LogP contribution in [-0.4, -0.2) is 59.8 Å². The molecule has 1 aliphatic rings. The molecule has 1 atom stereocenters. The second kappa shape index (κ2) is 6.87. The van der Waals surface area contributed by atoms with Crippen LogP contribution in [0.25, 0.3) is 0 Å². The number of nitrogens with zero attached hydrogens (tertiary/aromatic N) is 3. The van der Waals surface area contributed by atoms with E-state index in [-0.39, 0.29) is 24.5 Å². The lowest BCUT2D eigenvalue weighted by Crippen LogP contribution is -2.39. The van der Waals surface area contributed by atoms with Gasteiger partial charge in [-0.3, -0.25) is 9.59 Å². The molecule has 0 spiro atoms. The molecule has 2 rings (SSSR count). The first kappa shape index (κ1) is 15.0. The summed E-state index contributed by atoms with van der Waals surface area (Å²) in [5.74, 6) is 0.485. The van der Waals surface area contributed by atoms with E-state index in [1.165, 1.54) is 14.0 Å². The minimum atomic E-state index is -0.219. The van der Waals surface area contributed by atoms with Crippen LogP contribution < -0.4 is 14.8 Å². The molecule has 114 valence electrons. The Morgan fingerprint density at radius 1 is 1.38 bits per heavy atom. The fraction of sp³-hybridized carbons (Fsp3) is 0.538. The Kier molecular flexibility index (Phi) is 4.91. The first-order valence-electron chi connectivity index (χ1n) is 6.65. The van der Waals surface area contributed by atoms with Gasteiger partial charge in [-0.15, -0.1) is 10.2 Å². The number of likely N-dealkylation sites (tertiary alicyclic amines) is 1. The summed E-state index contributed by atoms with van der Waals surface area (Å²) < 4.78 is 10.6. The third-order valence-corrected chi connectivity index (χ3v) is 3.10. The third kappa shape index (κ3) is 4.30. The van der Waals surface area contributed by atoms with Gasteiger partial charge in [0.25, 0.3) is 0 Å². The molecule has 0 saturated carbocycles. The molecule has 1 N–H and O–H groups in total. The Morgan fingerprint density at radius 2 is 2.10 bits per heavy atom. The van der Waals surface area contributed by atoms with E-state index in [0.717, 1.165) is 6.42 Å². The fourth-order valence-corrected chi connectivity index (χ4v) is 2.01. The van der Waals surface area contributed by atoms with Crippen molar-refractivity contribution in [1.82, 2.24) is 20.4 Å². The van der Waals surface area contributed by atoms with E-state index >= 15 is 0 Å². The molecule has 1 saturated heterocycles. The monoisotopic (exact) mass is 294 g/mol. The van der Waals surface area contributed by atoms with E-state index < -0.39 is 0 Å². The molecule has 1 fully saturated rings. The van der Waals surface area contributed by atoms with Gasteiger partial charge in [0.15, 0.2) is 0 Å². The summed E-state index contributed by atoms with van der Waals surface area (Å²) in [6.45, 7) is 2.48. The number of carbonyl (C=O) groups excluding carboxylic acids is 2. The van der Waals surface area contributed by atoms with Crippen LogP contribution in [0.1, 0.15) is 13.3 Å². The lowest BCUT2D eigenvalue weighted by molar-refractivity contribution is -0.131. The molecular formula is C13H18N4O4. The summed E-state index contributed by atoms with van der Waals surface area (Å²) in [6, 6.07) is 3.34. The van der Waals surface area contributed by atoms with Crippen LogP contribution in [-0.2, 0) is 9.59 Å². The summed E-state index contributed by atoms with van der Waals surface area (Å²) in [5.41, 5.74) is 0. The predicted octanol–water partition coefficient (Wildman–Crippen LogP) is -0.399.